The van der Waals surface area contributed by atoms with Gasteiger partial charge in [-0.2, -0.15) is 0 Å². The number of ether oxygens (including phenoxy) is 1. The van der Waals surface area contributed by atoms with Crippen LogP contribution in [0, 0.1) is 0 Å². The van der Waals surface area contributed by atoms with Crippen molar-refractivity contribution < 1.29 is 9.26 Å². The molecule has 0 radical (unpaired) electrons. The highest BCUT2D eigenvalue weighted by molar-refractivity contribution is 5.92. The molecular formula is C20H19N3O2. The first-order valence-electron chi connectivity index (χ1n) is 8.20. The van der Waals surface area contributed by atoms with Crippen LogP contribution < -0.4 is 10.1 Å². The Labute approximate surface area is 146 Å². The van der Waals surface area contributed by atoms with Crippen molar-refractivity contribution in [2.75, 3.05) is 19.0 Å². The van der Waals surface area contributed by atoms with Crippen LogP contribution in [0.4, 0.5) is 5.82 Å². The van der Waals surface area contributed by atoms with E-state index in [4.69, 9.17) is 9.26 Å². The summed E-state index contributed by atoms with van der Waals surface area (Å²) in [5, 5.41) is 8.48. The van der Waals surface area contributed by atoms with Gasteiger partial charge in [-0.3, -0.25) is 0 Å². The van der Waals surface area contributed by atoms with E-state index >= 15 is 0 Å². The summed E-state index contributed by atoms with van der Waals surface area (Å²) in [4.78, 5) is 2.26. The molecule has 0 aliphatic carbocycles. The minimum Gasteiger partial charge on any atom is -0.493 e. The fraction of sp³-hybridized carbons (Fsp3) is 0.150. The van der Waals surface area contributed by atoms with Crippen molar-refractivity contribution in [3.8, 4) is 5.75 Å². The van der Waals surface area contributed by atoms with Crippen LogP contribution in [0.3, 0.4) is 0 Å². The Balaban J connectivity index is 1.60. The molecule has 0 fully saturated rings. The van der Waals surface area contributed by atoms with Crippen molar-refractivity contribution in [3.05, 3.63) is 78.1 Å². The zero-order valence-corrected chi connectivity index (χ0v) is 14.0. The standard InChI is InChI=1S/C20H19N3O2/c1-24-17-11-7-10-16-19(17)25-22-20(16)21-18-12-5-6-13-23(18)14-15-8-3-2-4-9-15/h2-12H,13-14H2,1H3,(H,21,22). The Hall–Kier alpha value is -3.21. The fourth-order valence-electron chi connectivity index (χ4n) is 2.93. The van der Waals surface area contributed by atoms with E-state index in [-0.39, 0.29) is 0 Å². The minimum atomic E-state index is 0.647. The zero-order valence-electron chi connectivity index (χ0n) is 14.0. The summed E-state index contributed by atoms with van der Waals surface area (Å²) in [6.07, 6.45) is 6.23. The smallest absolute Gasteiger partial charge is 0.210 e. The van der Waals surface area contributed by atoms with Crippen LogP contribution in [0.5, 0.6) is 5.75 Å². The molecular weight excluding hydrogens is 314 g/mol. The summed E-state index contributed by atoms with van der Waals surface area (Å²) in [7, 11) is 1.63. The molecule has 0 bridgehead atoms. The van der Waals surface area contributed by atoms with E-state index < -0.39 is 0 Å². The van der Waals surface area contributed by atoms with Crippen molar-refractivity contribution in [2.24, 2.45) is 0 Å². The van der Waals surface area contributed by atoms with Gasteiger partial charge in [0, 0.05) is 13.1 Å². The monoisotopic (exact) mass is 333 g/mol. The summed E-state index contributed by atoms with van der Waals surface area (Å²) in [6.45, 7) is 1.66. The molecule has 25 heavy (non-hydrogen) atoms. The van der Waals surface area contributed by atoms with E-state index in [1.807, 2.05) is 36.4 Å². The largest absolute Gasteiger partial charge is 0.493 e. The van der Waals surface area contributed by atoms with Crippen molar-refractivity contribution in [3.63, 3.8) is 0 Å². The van der Waals surface area contributed by atoms with Gasteiger partial charge in [-0.05, 0) is 23.8 Å². The number of methoxy groups -OCH3 is 1. The number of nitrogens with one attached hydrogen (secondary N) is 1. The van der Waals surface area contributed by atoms with Gasteiger partial charge < -0.3 is 19.5 Å². The van der Waals surface area contributed by atoms with E-state index in [1.54, 1.807) is 7.11 Å². The number of hydrogen-bond donors (Lipinski definition) is 1. The molecule has 5 nitrogen and oxygen atoms in total. The fourth-order valence-corrected chi connectivity index (χ4v) is 2.93. The first-order chi connectivity index (χ1) is 12.3. The van der Waals surface area contributed by atoms with Gasteiger partial charge in [-0.25, -0.2) is 0 Å². The van der Waals surface area contributed by atoms with Gasteiger partial charge in [-0.1, -0.05) is 53.7 Å². The predicted molar refractivity (Wildman–Crippen MR) is 98.3 cm³/mol. The maximum atomic E-state index is 5.46. The van der Waals surface area contributed by atoms with Gasteiger partial charge in [0.1, 0.15) is 5.82 Å². The number of fused-ring (bicyclic) bond motifs is 1. The molecule has 0 saturated heterocycles. The zero-order chi connectivity index (χ0) is 17.1. The molecule has 3 aromatic rings. The molecule has 0 unspecified atom stereocenters. The molecule has 2 aromatic carbocycles. The van der Waals surface area contributed by atoms with E-state index in [1.165, 1.54) is 5.56 Å². The van der Waals surface area contributed by atoms with Crippen molar-refractivity contribution in [2.45, 2.75) is 6.54 Å². The molecule has 0 saturated carbocycles. The minimum absolute atomic E-state index is 0.647. The summed E-state index contributed by atoms with van der Waals surface area (Å²) < 4.78 is 10.8. The summed E-state index contributed by atoms with van der Waals surface area (Å²) in [5.74, 6) is 2.36. The Bertz CT molecular complexity index is 929. The predicted octanol–water partition coefficient (Wildman–Crippen LogP) is 4.16. The second kappa shape index (κ2) is 6.73. The average Bonchev–Trinajstić information content (AvgIpc) is 3.07. The van der Waals surface area contributed by atoms with Crippen LogP contribution in [0.25, 0.3) is 11.0 Å². The maximum Gasteiger partial charge on any atom is 0.210 e. The lowest BCUT2D eigenvalue weighted by Gasteiger charge is -2.28. The lowest BCUT2D eigenvalue weighted by Crippen LogP contribution is -2.28. The molecule has 126 valence electrons. The summed E-state index contributed by atoms with van der Waals surface area (Å²) >= 11 is 0. The number of nitrogens with zero attached hydrogens (tertiary/aromatic N) is 2. The van der Waals surface area contributed by atoms with Crippen LogP contribution in [0.2, 0.25) is 0 Å². The molecule has 0 atom stereocenters. The Kier molecular flexibility index (Phi) is 4.12. The summed E-state index contributed by atoms with van der Waals surface area (Å²) in [5.41, 5.74) is 1.91. The topological polar surface area (TPSA) is 50.5 Å². The SMILES string of the molecule is COc1cccc2c(NC3=CC=CCN3Cc3ccccc3)noc12. The van der Waals surface area contributed by atoms with E-state index in [9.17, 15) is 0 Å². The second-order valence-electron chi connectivity index (χ2n) is 5.84. The molecule has 1 aliphatic rings. The van der Waals surface area contributed by atoms with Gasteiger partial charge in [-0.15, -0.1) is 0 Å². The van der Waals surface area contributed by atoms with E-state index in [0.29, 0.717) is 17.2 Å². The van der Waals surface area contributed by atoms with Crippen molar-refractivity contribution in [1.29, 1.82) is 0 Å². The molecule has 2 heterocycles. The number of para-hydroxylation sites is 1. The first-order valence-corrected chi connectivity index (χ1v) is 8.20. The van der Waals surface area contributed by atoms with E-state index in [0.717, 1.165) is 24.3 Å². The molecule has 1 N–H and O–H groups in total. The normalized spacial score (nSPS) is 13.8. The summed E-state index contributed by atoms with van der Waals surface area (Å²) in [6, 6.07) is 16.2. The van der Waals surface area contributed by atoms with Crippen LogP contribution in [0.15, 0.2) is 77.1 Å². The number of benzene rings is 2. The van der Waals surface area contributed by atoms with Gasteiger partial charge >= 0.3 is 0 Å². The van der Waals surface area contributed by atoms with Crippen LogP contribution in [-0.4, -0.2) is 23.7 Å². The highest BCUT2D eigenvalue weighted by atomic mass is 16.5. The van der Waals surface area contributed by atoms with Crippen LogP contribution in [0.1, 0.15) is 5.56 Å². The number of hydrogen-bond acceptors (Lipinski definition) is 5. The van der Waals surface area contributed by atoms with Gasteiger partial charge in [0.15, 0.2) is 11.6 Å². The van der Waals surface area contributed by atoms with Gasteiger partial charge in [0.05, 0.1) is 12.5 Å². The van der Waals surface area contributed by atoms with Gasteiger partial charge in [0.2, 0.25) is 5.58 Å². The first kappa shape index (κ1) is 15.3. The lowest BCUT2D eigenvalue weighted by atomic mass is 10.2. The Morgan fingerprint density at radius 3 is 2.88 bits per heavy atom. The maximum absolute atomic E-state index is 5.46. The highest BCUT2D eigenvalue weighted by Crippen LogP contribution is 2.31. The second-order valence-corrected chi connectivity index (χ2v) is 5.84. The highest BCUT2D eigenvalue weighted by Gasteiger charge is 2.17. The number of rotatable bonds is 5. The lowest BCUT2D eigenvalue weighted by molar-refractivity contribution is 0.371. The van der Waals surface area contributed by atoms with Gasteiger partial charge in [0.25, 0.3) is 0 Å². The van der Waals surface area contributed by atoms with Crippen LogP contribution in [-0.2, 0) is 6.54 Å². The number of aromatic nitrogens is 1. The number of allylic oxidation sites excluding steroid dienone is 2. The quantitative estimate of drug-likeness (QED) is 0.760. The molecule has 4 rings (SSSR count). The average molecular weight is 333 g/mol. The van der Waals surface area contributed by atoms with Crippen molar-refractivity contribution in [1.82, 2.24) is 10.1 Å². The molecule has 5 heteroatoms. The molecule has 1 aliphatic heterocycles. The number of anilines is 1. The molecule has 0 spiro atoms. The Morgan fingerprint density at radius 2 is 2.04 bits per heavy atom. The Morgan fingerprint density at radius 1 is 1.16 bits per heavy atom. The third-order valence-electron chi connectivity index (χ3n) is 4.20. The van der Waals surface area contributed by atoms with Crippen LogP contribution >= 0.6 is 0 Å². The molecule has 1 aromatic heterocycles. The molecule has 0 amide bonds. The van der Waals surface area contributed by atoms with E-state index in [2.05, 4.69) is 45.7 Å². The third-order valence-corrected chi connectivity index (χ3v) is 4.20. The van der Waals surface area contributed by atoms with Crippen molar-refractivity contribution >= 4 is 16.8 Å². The third kappa shape index (κ3) is 3.08.